The van der Waals surface area contributed by atoms with Crippen LogP contribution in [0.3, 0.4) is 0 Å². The Morgan fingerprint density at radius 1 is 1.20 bits per heavy atom. The van der Waals surface area contributed by atoms with Crippen molar-refractivity contribution < 1.29 is 27.9 Å². The normalized spacial score (nSPS) is 14.8. The number of benzene rings is 1. The third kappa shape index (κ3) is 2.50. The molecule has 1 aromatic rings. The van der Waals surface area contributed by atoms with Crippen molar-refractivity contribution in [3.8, 4) is 0 Å². The molecule has 2 rings (SSSR count). The Balaban J connectivity index is 2.26. The number of aliphatic hydroxyl groups excluding tert-OH is 1. The summed E-state index contributed by atoms with van der Waals surface area (Å²) in [5, 5.41) is 10.9. The van der Waals surface area contributed by atoms with E-state index >= 15 is 0 Å². The van der Waals surface area contributed by atoms with Gasteiger partial charge in [-0.05, 0) is 0 Å². The number of carbonyl (C=O) groups excluding carboxylic acids is 2. The Kier molecular flexibility index (Phi) is 3.75. The van der Waals surface area contributed by atoms with Crippen LogP contribution in [0.25, 0.3) is 0 Å². The maximum Gasteiger partial charge on any atom is 0.277 e. The van der Waals surface area contributed by atoms with E-state index in [1.807, 2.05) is 0 Å². The molecule has 8 heteroatoms. The lowest BCUT2D eigenvalue weighted by Gasteiger charge is -2.13. The zero-order valence-corrected chi connectivity index (χ0v) is 9.99. The van der Waals surface area contributed by atoms with E-state index in [2.05, 4.69) is 5.32 Å². The molecular formula is C12H9F3N2O3. The topological polar surface area (TPSA) is 69.6 Å². The molecule has 1 aliphatic heterocycles. The van der Waals surface area contributed by atoms with E-state index in [4.69, 9.17) is 5.11 Å². The minimum Gasteiger partial charge on any atom is -0.395 e. The summed E-state index contributed by atoms with van der Waals surface area (Å²) in [6, 6.07) is 1.01. The predicted octanol–water partition coefficient (Wildman–Crippen LogP) is 0.761. The molecule has 0 saturated carbocycles. The van der Waals surface area contributed by atoms with Crippen molar-refractivity contribution in [2.75, 3.05) is 18.5 Å². The lowest BCUT2D eigenvalue weighted by atomic mass is 10.2. The molecule has 106 valence electrons. The number of anilines is 1. The minimum atomic E-state index is -1.42. The van der Waals surface area contributed by atoms with Gasteiger partial charge in [-0.25, -0.2) is 13.2 Å². The molecule has 0 spiro atoms. The SMILES string of the molecule is O=C1C=C(Nc2cc(F)cc(F)c2F)C(=O)N1CCO. The van der Waals surface area contributed by atoms with Crippen LogP contribution in [-0.4, -0.2) is 35.0 Å². The van der Waals surface area contributed by atoms with Crippen molar-refractivity contribution in [3.05, 3.63) is 41.4 Å². The molecule has 0 atom stereocenters. The lowest BCUT2D eigenvalue weighted by molar-refractivity contribution is -0.137. The number of carbonyl (C=O) groups is 2. The van der Waals surface area contributed by atoms with Crippen molar-refractivity contribution in [1.82, 2.24) is 4.90 Å². The van der Waals surface area contributed by atoms with Crippen LogP contribution in [0.15, 0.2) is 23.9 Å². The van der Waals surface area contributed by atoms with Crippen LogP contribution in [0.2, 0.25) is 0 Å². The summed E-state index contributed by atoms with van der Waals surface area (Å²) in [4.78, 5) is 23.9. The van der Waals surface area contributed by atoms with Gasteiger partial charge in [-0.3, -0.25) is 14.5 Å². The van der Waals surface area contributed by atoms with Crippen molar-refractivity contribution in [3.63, 3.8) is 0 Å². The number of nitrogens with zero attached hydrogens (tertiary/aromatic N) is 1. The van der Waals surface area contributed by atoms with Crippen molar-refractivity contribution in [2.45, 2.75) is 0 Å². The third-order valence-corrected chi connectivity index (χ3v) is 2.60. The van der Waals surface area contributed by atoms with E-state index in [1.165, 1.54) is 0 Å². The third-order valence-electron chi connectivity index (χ3n) is 2.60. The van der Waals surface area contributed by atoms with Gasteiger partial charge in [-0.15, -0.1) is 0 Å². The number of β-amino-alcohol motifs (C(OH)–C–C–N with tert-alkyl or cyclic N) is 1. The van der Waals surface area contributed by atoms with Crippen LogP contribution in [0.1, 0.15) is 0 Å². The number of hydrogen-bond donors (Lipinski definition) is 2. The van der Waals surface area contributed by atoms with Gasteiger partial charge >= 0.3 is 0 Å². The average Bonchev–Trinajstić information content (AvgIpc) is 2.63. The van der Waals surface area contributed by atoms with E-state index in [-0.39, 0.29) is 12.2 Å². The smallest absolute Gasteiger partial charge is 0.277 e. The molecule has 0 bridgehead atoms. The van der Waals surface area contributed by atoms with Gasteiger partial charge in [0.25, 0.3) is 11.8 Å². The molecule has 1 aromatic carbocycles. The van der Waals surface area contributed by atoms with Gasteiger partial charge in [-0.1, -0.05) is 0 Å². The van der Waals surface area contributed by atoms with Gasteiger partial charge in [-0.2, -0.15) is 0 Å². The molecule has 0 saturated heterocycles. The van der Waals surface area contributed by atoms with Crippen LogP contribution in [0.4, 0.5) is 18.9 Å². The standard InChI is InChI=1S/C12H9F3N2O3/c13-6-3-7(14)11(15)8(4-6)16-9-5-10(19)17(1-2-18)12(9)20/h3-5,16,18H,1-2H2. The van der Waals surface area contributed by atoms with E-state index in [0.717, 1.165) is 11.0 Å². The number of amides is 2. The predicted molar refractivity (Wildman–Crippen MR) is 61.8 cm³/mol. The molecule has 2 amide bonds. The first-order valence-electron chi connectivity index (χ1n) is 5.54. The highest BCUT2D eigenvalue weighted by atomic mass is 19.2. The molecule has 0 aliphatic carbocycles. The van der Waals surface area contributed by atoms with Gasteiger partial charge in [0.2, 0.25) is 0 Å². The molecule has 20 heavy (non-hydrogen) atoms. The first kappa shape index (κ1) is 14.1. The highest BCUT2D eigenvalue weighted by molar-refractivity contribution is 6.17. The summed E-state index contributed by atoms with van der Waals surface area (Å²) in [5.74, 6) is -5.34. The summed E-state index contributed by atoms with van der Waals surface area (Å²) < 4.78 is 39.4. The van der Waals surface area contributed by atoms with E-state index in [0.29, 0.717) is 12.1 Å². The molecule has 0 fully saturated rings. The fraction of sp³-hybridized carbons (Fsp3) is 0.167. The van der Waals surface area contributed by atoms with Crippen LogP contribution in [0, 0.1) is 17.5 Å². The second-order valence-corrected chi connectivity index (χ2v) is 3.95. The largest absolute Gasteiger partial charge is 0.395 e. The molecule has 5 nitrogen and oxygen atoms in total. The molecule has 1 heterocycles. The fourth-order valence-electron chi connectivity index (χ4n) is 1.70. The van der Waals surface area contributed by atoms with Gasteiger partial charge in [0.15, 0.2) is 11.6 Å². The fourth-order valence-corrected chi connectivity index (χ4v) is 1.70. The summed E-state index contributed by atoms with van der Waals surface area (Å²) >= 11 is 0. The second-order valence-electron chi connectivity index (χ2n) is 3.95. The first-order valence-corrected chi connectivity index (χ1v) is 5.54. The number of nitrogens with one attached hydrogen (secondary N) is 1. The van der Waals surface area contributed by atoms with Crippen LogP contribution in [0.5, 0.6) is 0 Å². The van der Waals surface area contributed by atoms with Crippen molar-refractivity contribution in [2.24, 2.45) is 0 Å². The van der Waals surface area contributed by atoms with Crippen LogP contribution in [-0.2, 0) is 9.59 Å². The Morgan fingerprint density at radius 3 is 2.55 bits per heavy atom. The minimum absolute atomic E-state index is 0.223. The average molecular weight is 286 g/mol. The zero-order valence-electron chi connectivity index (χ0n) is 9.99. The maximum atomic E-state index is 13.4. The quantitative estimate of drug-likeness (QED) is 0.633. The highest BCUT2D eigenvalue weighted by Crippen LogP contribution is 2.23. The number of hydrogen-bond acceptors (Lipinski definition) is 4. The van der Waals surface area contributed by atoms with Crippen LogP contribution < -0.4 is 5.32 Å². The first-order chi connectivity index (χ1) is 9.43. The number of rotatable bonds is 4. The highest BCUT2D eigenvalue weighted by Gasteiger charge is 2.31. The Bertz CT molecular complexity index is 616. The Hall–Kier alpha value is -2.35. The van der Waals surface area contributed by atoms with E-state index < -0.39 is 41.6 Å². The van der Waals surface area contributed by atoms with E-state index in [9.17, 15) is 22.8 Å². The Labute approximate surface area is 111 Å². The maximum absolute atomic E-state index is 13.4. The summed E-state index contributed by atoms with van der Waals surface area (Å²) in [6.45, 7) is -0.652. The van der Waals surface area contributed by atoms with Gasteiger partial charge < -0.3 is 10.4 Å². The summed E-state index contributed by atoms with van der Waals surface area (Å²) in [6.07, 6.45) is 0.861. The molecular weight excluding hydrogens is 277 g/mol. The monoisotopic (exact) mass is 286 g/mol. The molecule has 0 aromatic heterocycles. The van der Waals surface area contributed by atoms with Gasteiger partial charge in [0, 0.05) is 18.2 Å². The van der Waals surface area contributed by atoms with Crippen LogP contribution >= 0.6 is 0 Å². The molecule has 1 aliphatic rings. The molecule has 0 unspecified atom stereocenters. The Morgan fingerprint density at radius 2 is 1.90 bits per heavy atom. The van der Waals surface area contributed by atoms with Gasteiger partial charge in [0.05, 0.1) is 18.8 Å². The number of aliphatic hydroxyl groups is 1. The summed E-state index contributed by atoms with van der Waals surface area (Å²) in [7, 11) is 0. The number of halogens is 3. The second kappa shape index (κ2) is 5.33. The van der Waals surface area contributed by atoms with E-state index in [1.54, 1.807) is 0 Å². The van der Waals surface area contributed by atoms with Crippen molar-refractivity contribution in [1.29, 1.82) is 0 Å². The molecule has 2 N–H and O–H groups in total. The summed E-state index contributed by atoms with van der Waals surface area (Å²) in [5.41, 5.74) is -0.923. The zero-order chi connectivity index (χ0) is 14.9. The van der Waals surface area contributed by atoms with Crippen molar-refractivity contribution >= 4 is 17.5 Å². The lowest BCUT2D eigenvalue weighted by Crippen LogP contribution is -2.34. The molecule has 0 radical (unpaired) electrons. The van der Waals surface area contributed by atoms with Gasteiger partial charge in [0.1, 0.15) is 11.5 Å². The number of imide groups is 1.